The molecule has 0 nitrogen and oxygen atoms in total. The third kappa shape index (κ3) is 4.97. The Morgan fingerprint density at radius 1 is 1.19 bits per heavy atom. The lowest BCUT2D eigenvalue weighted by molar-refractivity contribution is 0.544. The molecule has 0 saturated carbocycles. The Hall–Kier alpha value is -1.30. The van der Waals surface area contributed by atoms with Gasteiger partial charge in [0.1, 0.15) is 0 Å². The maximum Gasteiger partial charge on any atom is -0.0200 e. The van der Waals surface area contributed by atoms with E-state index in [1.807, 2.05) is 0 Å². The molecule has 0 bridgehead atoms. The zero-order valence-electron chi connectivity index (χ0n) is 11.0. The SMILES string of the molecule is CC(=C/c1cccc(C)c1)/C=C/C(C)(C)C. The monoisotopic (exact) mass is 214 g/mol. The van der Waals surface area contributed by atoms with Crippen molar-refractivity contribution >= 4 is 6.08 Å². The van der Waals surface area contributed by atoms with Crippen LogP contribution in [0.15, 0.2) is 42.0 Å². The molecule has 0 unspecified atom stereocenters. The highest BCUT2D eigenvalue weighted by Gasteiger charge is 2.02. The van der Waals surface area contributed by atoms with E-state index < -0.39 is 0 Å². The average molecular weight is 214 g/mol. The molecule has 0 saturated heterocycles. The van der Waals surface area contributed by atoms with E-state index in [1.54, 1.807) is 0 Å². The van der Waals surface area contributed by atoms with E-state index >= 15 is 0 Å². The van der Waals surface area contributed by atoms with Gasteiger partial charge in [0.05, 0.1) is 0 Å². The summed E-state index contributed by atoms with van der Waals surface area (Å²) in [7, 11) is 0. The molecule has 16 heavy (non-hydrogen) atoms. The third-order valence-corrected chi connectivity index (χ3v) is 2.28. The molecular formula is C16H22. The number of rotatable bonds is 2. The molecule has 0 fully saturated rings. The number of hydrogen-bond donors (Lipinski definition) is 0. The molecule has 0 N–H and O–H groups in total. The summed E-state index contributed by atoms with van der Waals surface area (Å²) in [5, 5.41) is 0. The first kappa shape index (κ1) is 12.8. The molecule has 1 aromatic rings. The predicted octanol–water partition coefficient (Wildman–Crippen LogP) is 5.00. The van der Waals surface area contributed by atoms with Crippen molar-refractivity contribution in [3.63, 3.8) is 0 Å². The number of hydrogen-bond acceptors (Lipinski definition) is 0. The standard InChI is InChI=1S/C16H22/c1-13-7-6-8-15(11-13)12-14(2)9-10-16(3,4)5/h6-12H,1-5H3/b10-9+,14-12-. The lowest BCUT2D eigenvalue weighted by atomic mass is 9.95. The molecule has 0 amide bonds. The van der Waals surface area contributed by atoms with Gasteiger partial charge in [0, 0.05) is 0 Å². The fourth-order valence-electron chi connectivity index (χ4n) is 1.45. The second-order valence-electron chi connectivity index (χ2n) is 5.50. The van der Waals surface area contributed by atoms with Crippen LogP contribution in [0, 0.1) is 12.3 Å². The lowest BCUT2D eigenvalue weighted by Crippen LogP contribution is -1.98. The predicted molar refractivity (Wildman–Crippen MR) is 73.4 cm³/mol. The highest BCUT2D eigenvalue weighted by molar-refractivity contribution is 5.55. The van der Waals surface area contributed by atoms with Crippen LogP contribution in [0.1, 0.15) is 38.8 Å². The highest BCUT2D eigenvalue weighted by Crippen LogP contribution is 2.17. The minimum atomic E-state index is 0.252. The minimum absolute atomic E-state index is 0.252. The average Bonchev–Trinajstić information content (AvgIpc) is 2.14. The molecule has 1 rings (SSSR count). The Morgan fingerprint density at radius 2 is 1.88 bits per heavy atom. The van der Waals surface area contributed by atoms with Crippen molar-refractivity contribution in [2.24, 2.45) is 5.41 Å². The fourth-order valence-corrected chi connectivity index (χ4v) is 1.45. The van der Waals surface area contributed by atoms with Crippen LogP contribution in [0.4, 0.5) is 0 Å². The zero-order chi connectivity index (χ0) is 12.2. The quantitative estimate of drug-likeness (QED) is 0.608. The topological polar surface area (TPSA) is 0 Å². The molecule has 0 aromatic heterocycles. The van der Waals surface area contributed by atoms with Gasteiger partial charge in [0.25, 0.3) is 0 Å². The summed E-state index contributed by atoms with van der Waals surface area (Å²) in [5.74, 6) is 0. The van der Waals surface area contributed by atoms with Crippen LogP contribution in [-0.2, 0) is 0 Å². The summed E-state index contributed by atoms with van der Waals surface area (Å²) in [6.45, 7) is 10.9. The van der Waals surface area contributed by atoms with Crippen molar-refractivity contribution < 1.29 is 0 Å². The van der Waals surface area contributed by atoms with Crippen molar-refractivity contribution in [1.82, 2.24) is 0 Å². The Balaban J connectivity index is 2.81. The van der Waals surface area contributed by atoms with Crippen LogP contribution in [0.25, 0.3) is 6.08 Å². The molecule has 0 radical (unpaired) electrons. The summed E-state index contributed by atoms with van der Waals surface area (Å²) in [4.78, 5) is 0. The molecule has 0 heteroatoms. The van der Waals surface area contributed by atoms with Gasteiger partial charge in [-0.1, -0.05) is 74.4 Å². The molecule has 1 aromatic carbocycles. The van der Waals surface area contributed by atoms with Crippen LogP contribution in [-0.4, -0.2) is 0 Å². The van der Waals surface area contributed by atoms with Gasteiger partial charge in [0.15, 0.2) is 0 Å². The maximum absolute atomic E-state index is 2.24. The van der Waals surface area contributed by atoms with Crippen LogP contribution in [0.5, 0.6) is 0 Å². The van der Waals surface area contributed by atoms with Crippen LogP contribution >= 0.6 is 0 Å². The normalized spacial score (nSPS) is 13.4. The van der Waals surface area contributed by atoms with E-state index in [0.717, 1.165) is 0 Å². The number of allylic oxidation sites excluding steroid dienone is 3. The molecule has 0 spiro atoms. The van der Waals surface area contributed by atoms with E-state index in [2.05, 4.69) is 77.1 Å². The van der Waals surface area contributed by atoms with Crippen LogP contribution in [0.3, 0.4) is 0 Å². The summed E-state index contributed by atoms with van der Waals surface area (Å²) >= 11 is 0. The van der Waals surface area contributed by atoms with Crippen molar-refractivity contribution in [2.45, 2.75) is 34.6 Å². The Bertz CT molecular complexity index is 400. The number of benzene rings is 1. The first-order valence-corrected chi connectivity index (χ1v) is 5.81. The molecule has 86 valence electrons. The maximum atomic E-state index is 2.24. The molecule has 0 aliphatic heterocycles. The fraction of sp³-hybridized carbons (Fsp3) is 0.375. The molecule has 0 heterocycles. The van der Waals surface area contributed by atoms with E-state index in [0.29, 0.717) is 0 Å². The molecule has 0 aliphatic carbocycles. The second-order valence-corrected chi connectivity index (χ2v) is 5.50. The first-order chi connectivity index (χ1) is 7.37. The third-order valence-electron chi connectivity index (χ3n) is 2.28. The van der Waals surface area contributed by atoms with Crippen LogP contribution < -0.4 is 0 Å². The number of aryl methyl sites for hydroxylation is 1. The Labute approximate surface area is 99.7 Å². The van der Waals surface area contributed by atoms with Gasteiger partial charge in [-0.3, -0.25) is 0 Å². The van der Waals surface area contributed by atoms with E-state index in [4.69, 9.17) is 0 Å². The van der Waals surface area contributed by atoms with Gasteiger partial charge in [0.2, 0.25) is 0 Å². The van der Waals surface area contributed by atoms with E-state index in [-0.39, 0.29) is 5.41 Å². The molecule has 0 aliphatic rings. The van der Waals surface area contributed by atoms with Gasteiger partial charge in [-0.2, -0.15) is 0 Å². The molecule has 0 atom stereocenters. The summed E-state index contributed by atoms with van der Waals surface area (Å²) in [6.07, 6.45) is 6.66. The van der Waals surface area contributed by atoms with Crippen molar-refractivity contribution in [3.05, 3.63) is 53.1 Å². The first-order valence-electron chi connectivity index (χ1n) is 5.81. The van der Waals surface area contributed by atoms with Crippen molar-refractivity contribution in [3.8, 4) is 0 Å². The minimum Gasteiger partial charge on any atom is -0.0789 e. The van der Waals surface area contributed by atoms with Gasteiger partial charge in [-0.25, -0.2) is 0 Å². The van der Waals surface area contributed by atoms with Crippen molar-refractivity contribution in [2.75, 3.05) is 0 Å². The summed E-state index contributed by atoms with van der Waals surface area (Å²) in [6, 6.07) is 8.56. The van der Waals surface area contributed by atoms with Gasteiger partial charge in [-0.15, -0.1) is 0 Å². The Kier molecular flexibility index (Phi) is 4.12. The van der Waals surface area contributed by atoms with E-state index in [1.165, 1.54) is 16.7 Å². The van der Waals surface area contributed by atoms with Crippen molar-refractivity contribution in [1.29, 1.82) is 0 Å². The molecular weight excluding hydrogens is 192 g/mol. The largest absolute Gasteiger partial charge is 0.0789 e. The highest BCUT2D eigenvalue weighted by atomic mass is 14.1. The smallest absolute Gasteiger partial charge is 0.0200 e. The van der Waals surface area contributed by atoms with Gasteiger partial charge < -0.3 is 0 Å². The van der Waals surface area contributed by atoms with E-state index in [9.17, 15) is 0 Å². The van der Waals surface area contributed by atoms with Crippen LogP contribution in [0.2, 0.25) is 0 Å². The zero-order valence-corrected chi connectivity index (χ0v) is 11.0. The summed E-state index contributed by atoms with van der Waals surface area (Å²) in [5.41, 5.74) is 4.12. The Morgan fingerprint density at radius 3 is 2.44 bits per heavy atom. The van der Waals surface area contributed by atoms with Gasteiger partial charge in [-0.05, 0) is 24.8 Å². The lowest BCUT2D eigenvalue weighted by Gasteiger charge is -2.11. The van der Waals surface area contributed by atoms with Gasteiger partial charge >= 0.3 is 0 Å². The summed E-state index contributed by atoms with van der Waals surface area (Å²) < 4.78 is 0. The second kappa shape index (κ2) is 5.16.